The molecule has 3 aromatic carbocycles. The van der Waals surface area contributed by atoms with E-state index in [9.17, 15) is 9.18 Å². The summed E-state index contributed by atoms with van der Waals surface area (Å²) in [6.45, 7) is 0.789. The van der Waals surface area contributed by atoms with Gasteiger partial charge in [0.15, 0.2) is 0 Å². The Bertz CT molecular complexity index is 875. The van der Waals surface area contributed by atoms with Crippen LogP contribution in [0, 0.1) is 5.82 Å². The van der Waals surface area contributed by atoms with Gasteiger partial charge in [-0.15, -0.1) is 0 Å². The third-order valence-corrected chi connectivity index (χ3v) is 4.05. The lowest BCUT2D eigenvalue weighted by Gasteiger charge is -2.09. The number of amides is 1. The minimum absolute atomic E-state index is 0.144. The second-order valence-corrected chi connectivity index (χ2v) is 5.97. The smallest absolute Gasteiger partial charge is 0.251 e. The summed E-state index contributed by atoms with van der Waals surface area (Å²) in [5, 5.41) is 2.88. The summed E-state index contributed by atoms with van der Waals surface area (Å²) < 4.78 is 23.7. The fraction of sp³-hybridized carbons (Fsp3) is 0.136. The first-order chi connectivity index (χ1) is 13.1. The molecule has 1 amide bonds. The molecule has 5 heteroatoms. The van der Waals surface area contributed by atoms with Gasteiger partial charge in [-0.25, -0.2) is 4.39 Å². The van der Waals surface area contributed by atoms with E-state index in [0.29, 0.717) is 30.2 Å². The molecule has 0 aliphatic rings. The Balaban J connectivity index is 1.49. The maximum absolute atomic E-state index is 12.9. The number of methoxy groups -OCH3 is 1. The third-order valence-electron chi connectivity index (χ3n) is 4.05. The first-order valence-electron chi connectivity index (χ1n) is 8.52. The van der Waals surface area contributed by atoms with Crippen molar-refractivity contribution < 1.29 is 18.7 Å². The Morgan fingerprint density at radius 3 is 2.07 bits per heavy atom. The van der Waals surface area contributed by atoms with Crippen LogP contribution in [0.2, 0.25) is 0 Å². The van der Waals surface area contributed by atoms with Crippen molar-refractivity contribution >= 4 is 5.91 Å². The highest BCUT2D eigenvalue weighted by molar-refractivity contribution is 5.94. The first-order valence-corrected chi connectivity index (χ1v) is 8.52. The molecule has 0 spiro atoms. The monoisotopic (exact) mass is 365 g/mol. The zero-order valence-corrected chi connectivity index (χ0v) is 14.9. The molecule has 0 bridgehead atoms. The maximum atomic E-state index is 12.9. The number of hydrogen-bond donors (Lipinski definition) is 1. The van der Waals surface area contributed by atoms with Crippen molar-refractivity contribution in [1.29, 1.82) is 0 Å². The highest BCUT2D eigenvalue weighted by Crippen LogP contribution is 2.15. The van der Waals surface area contributed by atoms with Gasteiger partial charge in [0, 0.05) is 12.1 Å². The SMILES string of the molecule is COc1ccc(C(=O)NCc2ccc(OCc3ccc(F)cc3)cc2)cc1. The zero-order chi connectivity index (χ0) is 19.1. The summed E-state index contributed by atoms with van der Waals surface area (Å²) in [6, 6.07) is 20.6. The van der Waals surface area contributed by atoms with Gasteiger partial charge in [-0.05, 0) is 59.7 Å². The van der Waals surface area contributed by atoms with Crippen molar-refractivity contribution in [3.8, 4) is 11.5 Å². The van der Waals surface area contributed by atoms with E-state index in [1.807, 2.05) is 24.3 Å². The third kappa shape index (κ3) is 5.31. The molecule has 0 radical (unpaired) electrons. The van der Waals surface area contributed by atoms with Gasteiger partial charge < -0.3 is 14.8 Å². The summed E-state index contributed by atoms with van der Waals surface area (Å²) in [5.41, 5.74) is 2.44. The Morgan fingerprint density at radius 2 is 1.44 bits per heavy atom. The summed E-state index contributed by atoms with van der Waals surface area (Å²) in [7, 11) is 1.59. The lowest BCUT2D eigenvalue weighted by molar-refractivity contribution is 0.0951. The summed E-state index contributed by atoms with van der Waals surface area (Å²) >= 11 is 0. The van der Waals surface area contributed by atoms with Gasteiger partial charge in [0.1, 0.15) is 23.9 Å². The molecule has 0 atom stereocenters. The molecule has 0 unspecified atom stereocenters. The van der Waals surface area contributed by atoms with E-state index in [1.54, 1.807) is 43.5 Å². The average Bonchev–Trinajstić information content (AvgIpc) is 2.72. The van der Waals surface area contributed by atoms with Gasteiger partial charge in [0.2, 0.25) is 0 Å². The number of ether oxygens (including phenoxy) is 2. The van der Waals surface area contributed by atoms with Crippen LogP contribution in [-0.4, -0.2) is 13.0 Å². The fourth-order valence-corrected chi connectivity index (χ4v) is 2.48. The van der Waals surface area contributed by atoms with Crippen LogP contribution in [0.25, 0.3) is 0 Å². The molecule has 0 saturated heterocycles. The number of halogens is 1. The molecule has 138 valence electrons. The van der Waals surface area contributed by atoms with Gasteiger partial charge in [-0.2, -0.15) is 0 Å². The zero-order valence-electron chi connectivity index (χ0n) is 14.9. The highest BCUT2D eigenvalue weighted by atomic mass is 19.1. The summed E-state index contributed by atoms with van der Waals surface area (Å²) in [5.74, 6) is 1.02. The molecule has 0 aliphatic heterocycles. The summed E-state index contributed by atoms with van der Waals surface area (Å²) in [4.78, 5) is 12.2. The number of nitrogens with one attached hydrogen (secondary N) is 1. The molecule has 0 fully saturated rings. The molecular weight excluding hydrogens is 345 g/mol. The van der Waals surface area contributed by atoms with E-state index in [2.05, 4.69) is 5.32 Å². The highest BCUT2D eigenvalue weighted by Gasteiger charge is 2.05. The van der Waals surface area contributed by atoms with Crippen LogP contribution < -0.4 is 14.8 Å². The molecular formula is C22H20FNO3. The molecule has 4 nitrogen and oxygen atoms in total. The van der Waals surface area contributed by atoms with E-state index in [0.717, 1.165) is 11.1 Å². The van der Waals surface area contributed by atoms with E-state index in [1.165, 1.54) is 12.1 Å². The standard InChI is InChI=1S/C22H20FNO3/c1-26-20-12-6-18(7-13-20)22(25)24-14-16-4-10-21(11-5-16)27-15-17-2-8-19(23)9-3-17/h2-13H,14-15H2,1H3,(H,24,25). The van der Waals surface area contributed by atoms with E-state index in [4.69, 9.17) is 9.47 Å². The molecule has 0 aliphatic carbocycles. The lowest BCUT2D eigenvalue weighted by Crippen LogP contribution is -2.22. The Labute approximate surface area is 157 Å². The maximum Gasteiger partial charge on any atom is 0.251 e. The van der Waals surface area contributed by atoms with Gasteiger partial charge in [-0.1, -0.05) is 24.3 Å². The topological polar surface area (TPSA) is 47.6 Å². The Morgan fingerprint density at radius 1 is 0.852 bits per heavy atom. The largest absolute Gasteiger partial charge is 0.497 e. The summed E-state index contributed by atoms with van der Waals surface area (Å²) in [6.07, 6.45) is 0. The molecule has 1 N–H and O–H groups in total. The normalized spacial score (nSPS) is 10.3. The predicted octanol–water partition coefficient (Wildman–Crippen LogP) is 4.34. The van der Waals surface area contributed by atoms with Crippen LogP contribution in [0.4, 0.5) is 4.39 Å². The van der Waals surface area contributed by atoms with Crippen molar-refractivity contribution in [1.82, 2.24) is 5.32 Å². The fourth-order valence-electron chi connectivity index (χ4n) is 2.48. The van der Waals surface area contributed by atoms with Crippen molar-refractivity contribution in [2.24, 2.45) is 0 Å². The number of carbonyl (C=O) groups is 1. The van der Waals surface area contributed by atoms with E-state index < -0.39 is 0 Å². The second-order valence-electron chi connectivity index (χ2n) is 5.97. The number of carbonyl (C=O) groups excluding carboxylic acids is 1. The Hall–Kier alpha value is -3.34. The predicted molar refractivity (Wildman–Crippen MR) is 101 cm³/mol. The molecule has 3 rings (SSSR count). The van der Waals surface area contributed by atoms with Crippen molar-refractivity contribution in [3.05, 3.63) is 95.3 Å². The molecule has 0 aromatic heterocycles. The van der Waals surface area contributed by atoms with Gasteiger partial charge >= 0.3 is 0 Å². The first kappa shape index (κ1) is 18.5. The van der Waals surface area contributed by atoms with E-state index in [-0.39, 0.29) is 11.7 Å². The lowest BCUT2D eigenvalue weighted by atomic mass is 10.2. The van der Waals surface area contributed by atoms with Crippen molar-refractivity contribution in [2.45, 2.75) is 13.2 Å². The molecule has 0 saturated carbocycles. The van der Waals surface area contributed by atoms with Crippen molar-refractivity contribution in [2.75, 3.05) is 7.11 Å². The van der Waals surface area contributed by atoms with Gasteiger partial charge in [0.25, 0.3) is 5.91 Å². The molecule has 0 heterocycles. The van der Waals surface area contributed by atoms with E-state index >= 15 is 0 Å². The number of rotatable bonds is 7. The average molecular weight is 365 g/mol. The van der Waals surface area contributed by atoms with Crippen LogP contribution in [-0.2, 0) is 13.2 Å². The van der Waals surface area contributed by atoms with Gasteiger partial charge in [-0.3, -0.25) is 4.79 Å². The van der Waals surface area contributed by atoms with Crippen LogP contribution >= 0.6 is 0 Å². The minimum Gasteiger partial charge on any atom is -0.497 e. The van der Waals surface area contributed by atoms with Crippen LogP contribution in [0.3, 0.4) is 0 Å². The van der Waals surface area contributed by atoms with Crippen LogP contribution in [0.1, 0.15) is 21.5 Å². The molecule has 27 heavy (non-hydrogen) atoms. The van der Waals surface area contributed by atoms with Crippen LogP contribution in [0.15, 0.2) is 72.8 Å². The minimum atomic E-state index is -0.264. The van der Waals surface area contributed by atoms with Crippen LogP contribution in [0.5, 0.6) is 11.5 Å². The number of hydrogen-bond acceptors (Lipinski definition) is 3. The number of benzene rings is 3. The van der Waals surface area contributed by atoms with Gasteiger partial charge in [0.05, 0.1) is 7.11 Å². The molecule has 3 aromatic rings. The second kappa shape index (κ2) is 8.85. The van der Waals surface area contributed by atoms with Crippen molar-refractivity contribution in [3.63, 3.8) is 0 Å². The quantitative estimate of drug-likeness (QED) is 0.677. The Kier molecular flexibility index (Phi) is 6.05.